The van der Waals surface area contributed by atoms with E-state index in [-0.39, 0.29) is 5.82 Å². The topological polar surface area (TPSA) is 112 Å². The minimum Gasteiger partial charge on any atom is -0.486 e. The van der Waals surface area contributed by atoms with Crippen LogP contribution >= 0.6 is 11.3 Å². The Hall–Kier alpha value is -4.25. The number of fused-ring (bicyclic) bond motifs is 2. The van der Waals surface area contributed by atoms with Crippen LogP contribution in [-0.2, 0) is 11.3 Å². The number of halogens is 1. The molecule has 11 heteroatoms. The lowest BCUT2D eigenvalue weighted by Gasteiger charge is -2.19. The fourth-order valence-corrected chi connectivity index (χ4v) is 4.43. The number of nitrogens with zero attached hydrogens (tertiary/aromatic N) is 2. The highest BCUT2D eigenvalue weighted by molar-refractivity contribution is 7.17. The van der Waals surface area contributed by atoms with E-state index in [1.807, 2.05) is 0 Å². The molecule has 2 N–H and O–H groups in total. The smallest absolute Gasteiger partial charge is 0.325 e. The van der Waals surface area contributed by atoms with E-state index in [0.29, 0.717) is 51.7 Å². The maximum absolute atomic E-state index is 13.3. The molecule has 0 spiro atoms. The Morgan fingerprint density at radius 3 is 2.65 bits per heavy atom. The highest BCUT2D eigenvalue weighted by atomic mass is 32.1. The molecule has 0 saturated heterocycles. The average molecular weight is 480 g/mol. The number of benzene rings is 2. The molecule has 4 aromatic rings. The summed E-state index contributed by atoms with van der Waals surface area (Å²) in [6.45, 7) is 0.446. The highest BCUT2D eigenvalue weighted by Gasteiger charge is 2.17. The summed E-state index contributed by atoms with van der Waals surface area (Å²) in [6.07, 6.45) is 1.26. The van der Waals surface area contributed by atoms with Crippen LogP contribution in [-0.4, -0.2) is 34.7 Å². The van der Waals surface area contributed by atoms with Crippen molar-refractivity contribution in [3.63, 3.8) is 0 Å². The van der Waals surface area contributed by atoms with E-state index in [9.17, 15) is 18.8 Å². The number of imide groups is 1. The Labute approximate surface area is 195 Å². The van der Waals surface area contributed by atoms with E-state index in [1.165, 1.54) is 29.8 Å². The van der Waals surface area contributed by atoms with Crippen LogP contribution in [0.25, 0.3) is 21.3 Å². The molecule has 172 valence electrons. The number of carbonyl (C=O) groups excluding carboxylic acids is 2. The molecule has 9 nitrogen and oxygen atoms in total. The summed E-state index contributed by atoms with van der Waals surface area (Å²) >= 11 is 1.27. The van der Waals surface area contributed by atoms with Gasteiger partial charge in [-0.2, -0.15) is 0 Å². The van der Waals surface area contributed by atoms with Crippen molar-refractivity contribution in [3.05, 3.63) is 70.3 Å². The van der Waals surface area contributed by atoms with Crippen LogP contribution in [0.15, 0.2) is 59.0 Å². The number of urea groups is 1. The average Bonchev–Trinajstić information content (AvgIpc) is 3.26. The Morgan fingerprint density at radius 2 is 1.85 bits per heavy atom. The Kier molecular flexibility index (Phi) is 5.68. The van der Waals surface area contributed by atoms with Crippen molar-refractivity contribution in [2.45, 2.75) is 6.54 Å². The van der Waals surface area contributed by atoms with Gasteiger partial charge in [-0.1, -0.05) is 12.1 Å². The number of ether oxygens (including phenoxy) is 2. The molecule has 34 heavy (non-hydrogen) atoms. The molecule has 5 rings (SSSR count). The number of anilines is 1. The Morgan fingerprint density at radius 1 is 1.09 bits per heavy atom. The van der Waals surface area contributed by atoms with Crippen LogP contribution in [0.5, 0.6) is 11.5 Å². The molecule has 0 radical (unpaired) electrons. The molecular weight excluding hydrogens is 463 g/mol. The van der Waals surface area contributed by atoms with E-state index in [1.54, 1.807) is 35.7 Å². The Balaban J connectivity index is 1.30. The van der Waals surface area contributed by atoms with Crippen LogP contribution in [0.3, 0.4) is 0 Å². The minimum atomic E-state index is -0.758. The van der Waals surface area contributed by atoms with E-state index in [4.69, 9.17) is 9.47 Å². The number of hydrogen-bond donors (Lipinski definition) is 2. The van der Waals surface area contributed by atoms with Gasteiger partial charge < -0.3 is 14.8 Å². The number of rotatable bonds is 4. The number of aromatic nitrogens is 2. The number of hydrogen-bond acceptors (Lipinski definition) is 7. The first-order valence-corrected chi connectivity index (χ1v) is 11.1. The molecule has 0 saturated carbocycles. The first-order chi connectivity index (χ1) is 16.5. The molecule has 0 bridgehead atoms. The van der Waals surface area contributed by atoms with Crippen molar-refractivity contribution in [1.82, 2.24) is 14.9 Å². The largest absolute Gasteiger partial charge is 0.486 e. The van der Waals surface area contributed by atoms with Crippen LogP contribution in [0.2, 0.25) is 0 Å². The molecule has 3 heterocycles. The van der Waals surface area contributed by atoms with E-state index in [2.05, 4.69) is 15.6 Å². The van der Waals surface area contributed by atoms with Crippen molar-refractivity contribution < 1.29 is 23.5 Å². The minimum absolute atomic E-state index is 0.327. The predicted molar refractivity (Wildman–Crippen MR) is 124 cm³/mol. The zero-order chi connectivity index (χ0) is 23.7. The van der Waals surface area contributed by atoms with Gasteiger partial charge in [-0.25, -0.2) is 14.2 Å². The zero-order valence-corrected chi connectivity index (χ0v) is 18.4. The monoisotopic (exact) mass is 480 g/mol. The maximum atomic E-state index is 13.3. The van der Waals surface area contributed by atoms with Crippen LogP contribution in [0.4, 0.5) is 14.9 Å². The first kappa shape index (κ1) is 21.6. The van der Waals surface area contributed by atoms with Crippen LogP contribution in [0, 0.1) is 5.82 Å². The van der Waals surface area contributed by atoms with Crippen molar-refractivity contribution >= 4 is 39.2 Å². The van der Waals surface area contributed by atoms with E-state index >= 15 is 0 Å². The Bertz CT molecular complexity index is 1460. The molecule has 0 aliphatic carbocycles. The second kappa shape index (κ2) is 8.94. The molecule has 2 aromatic heterocycles. The second-order valence-electron chi connectivity index (χ2n) is 7.37. The molecule has 1 aliphatic heterocycles. The summed E-state index contributed by atoms with van der Waals surface area (Å²) in [5.41, 5.74) is 1.24. The van der Waals surface area contributed by atoms with Crippen LogP contribution < -0.4 is 25.7 Å². The van der Waals surface area contributed by atoms with Gasteiger partial charge in [0.05, 0.1) is 11.7 Å². The summed E-state index contributed by atoms with van der Waals surface area (Å²) in [7, 11) is 0. The lowest BCUT2D eigenvalue weighted by atomic mass is 10.1. The van der Waals surface area contributed by atoms with Gasteiger partial charge in [-0.3, -0.25) is 19.5 Å². The molecule has 1 aliphatic rings. The van der Waals surface area contributed by atoms with Crippen LogP contribution in [0.1, 0.15) is 0 Å². The molecule has 0 atom stereocenters. The second-order valence-corrected chi connectivity index (χ2v) is 8.23. The third-order valence-corrected chi connectivity index (χ3v) is 5.97. The third kappa shape index (κ3) is 4.33. The van der Waals surface area contributed by atoms with Gasteiger partial charge in [0.1, 0.15) is 30.4 Å². The van der Waals surface area contributed by atoms with Gasteiger partial charge in [-0.15, -0.1) is 11.3 Å². The van der Waals surface area contributed by atoms with E-state index in [0.717, 1.165) is 4.57 Å². The molecule has 3 amide bonds. The third-order valence-electron chi connectivity index (χ3n) is 5.08. The quantitative estimate of drug-likeness (QED) is 0.463. The van der Waals surface area contributed by atoms with Crippen molar-refractivity contribution in [2.75, 3.05) is 18.5 Å². The van der Waals surface area contributed by atoms with Gasteiger partial charge in [0.15, 0.2) is 11.5 Å². The van der Waals surface area contributed by atoms with Gasteiger partial charge in [0.25, 0.3) is 5.56 Å². The summed E-state index contributed by atoms with van der Waals surface area (Å²) in [5, 5.41) is 6.82. The standard InChI is InChI=1S/C23H17FN4O5S/c24-14-3-1-13(2-4-14)16-11-34-21-20(16)22(30)28(12-25-21)10-19(29)27-23(31)26-15-5-6-17-18(9-15)33-8-7-32-17/h1-6,9,11-12H,7-8,10H2,(H2,26,27,29,31). The van der Waals surface area contributed by atoms with E-state index < -0.39 is 24.0 Å². The van der Waals surface area contributed by atoms with Crippen molar-refractivity contribution in [2.24, 2.45) is 0 Å². The normalized spacial score (nSPS) is 12.4. The highest BCUT2D eigenvalue weighted by Crippen LogP contribution is 2.33. The van der Waals surface area contributed by atoms with Crippen molar-refractivity contribution in [3.8, 4) is 22.6 Å². The van der Waals surface area contributed by atoms with Gasteiger partial charge in [0.2, 0.25) is 5.91 Å². The summed E-state index contributed by atoms with van der Waals surface area (Å²) in [5.74, 6) is -0.0140. The number of thiophene rings is 1. The van der Waals surface area contributed by atoms with Gasteiger partial charge in [0, 0.05) is 22.7 Å². The number of amides is 3. The SMILES string of the molecule is O=C(Cn1cnc2scc(-c3ccc(F)cc3)c2c1=O)NC(=O)Nc1ccc2c(c1)OCCO2. The lowest BCUT2D eigenvalue weighted by Crippen LogP contribution is -2.38. The fourth-order valence-electron chi connectivity index (χ4n) is 3.53. The zero-order valence-electron chi connectivity index (χ0n) is 17.5. The summed E-state index contributed by atoms with van der Waals surface area (Å²) < 4.78 is 25.3. The molecule has 0 unspecified atom stereocenters. The first-order valence-electron chi connectivity index (χ1n) is 10.2. The molecule has 2 aromatic carbocycles. The number of carbonyl (C=O) groups is 2. The summed E-state index contributed by atoms with van der Waals surface area (Å²) in [6, 6.07) is 9.87. The molecule has 0 fully saturated rings. The van der Waals surface area contributed by atoms with Gasteiger partial charge in [-0.05, 0) is 29.8 Å². The predicted octanol–water partition coefficient (Wildman–Crippen LogP) is 3.38. The maximum Gasteiger partial charge on any atom is 0.325 e. The lowest BCUT2D eigenvalue weighted by molar-refractivity contribution is -0.120. The van der Waals surface area contributed by atoms with Crippen molar-refractivity contribution in [1.29, 1.82) is 0 Å². The van der Waals surface area contributed by atoms with Gasteiger partial charge >= 0.3 is 6.03 Å². The fraction of sp³-hybridized carbons (Fsp3) is 0.130. The summed E-state index contributed by atoms with van der Waals surface area (Å²) in [4.78, 5) is 42.5. The molecular formula is C23H17FN4O5S. The number of nitrogens with one attached hydrogen (secondary N) is 2.